The Hall–Kier alpha value is -0.980. The van der Waals surface area contributed by atoms with Gasteiger partial charge in [-0.05, 0) is 18.6 Å². The van der Waals surface area contributed by atoms with E-state index in [1.165, 1.54) is 23.1 Å². The first-order valence-electron chi connectivity index (χ1n) is 4.87. The Morgan fingerprint density at radius 1 is 1.50 bits per heavy atom. The lowest BCUT2D eigenvalue weighted by Gasteiger charge is -2.06. The van der Waals surface area contributed by atoms with Crippen LogP contribution >= 0.6 is 23.1 Å². The number of nitrogens with zero attached hydrogens (tertiary/aromatic N) is 3. The maximum Gasteiger partial charge on any atom is 0.178 e. The number of hydrogen-bond acceptors (Lipinski definition) is 6. The highest BCUT2D eigenvalue weighted by Gasteiger charge is 2.07. The maximum atomic E-state index is 9.59. The maximum absolute atomic E-state index is 9.59. The zero-order chi connectivity index (χ0) is 11.4. The summed E-state index contributed by atoms with van der Waals surface area (Å²) in [4.78, 5) is 5.22. The summed E-state index contributed by atoms with van der Waals surface area (Å²) in [5, 5.41) is 17.3. The summed E-state index contributed by atoms with van der Waals surface area (Å²) in [6.07, 6.45) is 1.96. The van der Waals surface area contributed by atoms with Crippen molar-refractivity contribution in [2.75, 3.05) is 0 Å². The molecule has 0 aliphatic carbocycles. The summed E-state index contributed by atoms with van der Waals surface area (Å²) in [6, 6.07) is 3.78. The number of rotatable bonds is 4. The van der Waals surface area contributed by atoms with Crippen LogP contribution in [-0.2, 0) is 0 Å². The predicted molar refractivity (Wildman–Crippen MR) is 63.5 cm³/mol. The molecule has 0 spiro atoms. The van der Waals surface area contributed by atoms with Gasteiger partial charge < -0.3 is 5.11 Å². The van der Waals surface area contributed by atoms with E-state index in [0.717, 1.165) is 9.24 Å². The van der Waals surface area contributed by atoms with E-state index in [1.54, 1.807) is 11.7 Å². The minimum Gasteiger partial charge on any atom is -0.387 e. The number of aromatic nitrogens is 3. The van der Waals surface area contributed by atoms with Gasteiger partial charge in [-0.15, -0.1) is 10.2 Å². The van der Waals surface area contributed by atoms with E-state index in [2.05, 4.69) is 15.2 Å². The number of aliphatic hydroxyl groups excluding tert-OH is 1. The van der Waals surface area contributed by atoms with Crippen molar-refractivity contribution in [2.24, 2.45) is 0 Å². The summed E-state index contributed by atoms with van der Waals surface area (Å²) in [6.45, 7) is 1.93. The van der Waals surface area contributed by atoms with Gasteiger partial charge in [0.25, 0.3) is 0 Å². The van der Waals surface area contributed by atoms with Crippen molar-refractivity contribution < 1.29 is 5.11 Å². The molecule has 0 saturated carbocycles. The fourth-order valence-corrected chi connectivity index (χ4v) is 2.59. The zero-order valence-corrected chi connectivity index (χ0v) is 10.3. The normalized spacial score (nSPS) is 12.6. The molecule has 0 fully saturated rings. The van der Waals surface area contributed by atoms with Gasteiger partial charge in [-0.3, -0.25) is 4.98 Å². The van der Waals surface area contributed by atoms with Crippen molar-refractivity contribution in [3.8, 4) is 0 Å². The predicted octanol–water partition coefficient (Wildman–Crippen LogP) is 2.53. The zero-order valence-electron chi connectivity index (χ0n) is 8.70. The quantitative estimate of drug-likeness (QED) is 0.907. The van der Waals surface area contributed by atoms with Crippen LogP contribution in [0.5, 0.6) is 0 Å². The molecule has 84 valence electrons. The smallest absolute Gasteiger partial charge is 0.178 e. The van der Waals surface area contributed by atoms with Gasteiger partial charge in [-0.25, -0.2) is 0 Å². The third-order valence-electron chi connectivity index (χ3n) is 2.03. The molecule has 0 aliphatic heterocycles. The van der Waals surface area contributed by atoms with Gasteiger partial charge in [0.1, 0.15) is 5.51 Å². The average Bonchev–Trinajstić information content (AvgIpc) is 2.82. The van der Waals surface area contributed by atoms with Crippen molar-refractivity contribution in [1.82, 2.24) is 15.2 Å². The third kappa shape index (κ3) is 2.78. The Balaban J connectivity index is 2.07. The fourth-order valence-electron chi connectivity index (χ4n) is 1.17. The molecule has 2 heterocycles. The molecule has 0 radical (unpaired) electrons. The lowest BCUT2D eigenvalue weighted by Crippen LogP contribution is -1.97. The van der Waals surface area contributed by atoms with E-state index in [1.807, 2.05) is 19.1 Å². The van der Waals surface area contributed by atoms with E-state index in [4.69, 9.17) is 0 Å². The Morgan fingerprint density at radius 3 is 2.94 bits per heavy atom. The molecule has 0 aliphatic rings. The van der Waals surface area contributed by atoms with Crippen molar-refractivity contribution in [3.05, 3.63) is 29.5 Å². The molecule has 16 heavy (non-hydrogen) atoms. The second kappa shape index (κ2) is 5.38. The molecule has 0 bridgehead atoms. The first kappa shape index (κ1) is 11.5. The minimum absolute atomic E-state index is 0.472. The molecule has 0 unspecified atom stereocenters. The van der Waals surface area contributed by atoms with E-state index >= 15 is 0 Å². The third-order valence-corrected chi connectivity index (χ3v) is 3.79. The second-order valence-electron chi connectivity index (χ2n) is 3.15. The van der Waals surface area contributed by atoms with Crippen molar-refractivity contribution >= 4 is 23.1 Å². The van der Waals surface area contributed by atoms with Crippen LogP contribution in [0, 0.1) is 0 Å². The molecular formula is C10H11N3OS2. The van der Waals surface area contributed by atoms with Crippen LogP contribution in [-0.4, -0.2) is 20.3 Å². The fraction of sp³-hybridized carbons (Fsp3) is 0.300. The Bertz CT molecular complexity index is 430. The van der Waals surface area contributed by atoms with Gasteiger partial charge in [0.2, 0.25) is 0 Å². The molecule has 6 heteroatoms. The van der Waals surface area contributed by atoms with Crippen LogP contribution in [0.2, 0.25) is 0 Å². The van der Waals surface area contributed by atoms with Crippen molar-refractivity contribution in [3.63, 3.8) is 0 Å². The summed E-state index contributed by atoms with van der Waals surface area (Å²) < 4.78 is 0.894. The van der Waals surface area contributed by atoms with Crippen LogP contribution in [0.3, 0.4) is 0 Å². The molecule has 0 saturated heterocycles. The van der Waals surface area contributed by atoms with Gasteiger partial charge >= 0.3 is 0 Å². The SMILES string of the molecule is CC[C@@H](O)c1ccc(Sc2nncs2)cn1. The minimum atomic E-state index is -0.472. The highest BCUT2D eigenvalue weighted by Crippen LogP contribution is 2.28. The topological polar surface area (TPSA) is 58.9 Å². The molecule has 1 N–H and O–H groups in total. The number of aliphatic hydroxyl groups is 1. The van der Waals surface area contributed by atoms with Crippen LogP contribution in [0.1, 0.15) is 25.1 Å². The number of pyridine rings is 1. The second-order valence-corrected chi connectivity index (χ2v) is 5.30. The van der Waals surface area contributed by atoms with Gasteiger partial charge in [0.05, 0.1) is 11.8 Å². The molecule has 0 aromatic carbocycles. The molecule has 1 atom stereocenters. The first-order valence-corrected chi connectivity index (χ1v) is 6.57. The van der Waals surface area contributed by atoms with Crippen LogP contribution in [0.25, 0.3) is 0 Å². The van der Waals surface area contributed by atoms with E-state index < -0.39 is 6.10 Å². The number of hydrogen-bond donors (Lipinski definition) is 1. The summed E-state index contributed by atoms with van der Waals surface area (Å²) in [5.41, 5.74) is 2.41. The van der Waals surface area contributed by atoms with Crippen LogP contribution in [0.15, 0.2) is 33.1 Å². The van der Waals surface area contributed by atoms with Crippen LogP contribution < -0.4 is 0 Å². The standard InChI is InChI=1S/C10H11N3OS2/c1-2-9(14)8-4-3-7(5-11-8)16-10-13-12-6-15-10/h3-6,9,14H,2H2,1H3/t9-/m1/s1. The van der Waals surface area contributed by atoms with Gasteiger partial charge in [0, 0.05) is 11.1 Å². The van der Waals surface area contributed by atoms with Crippen molar-refractivity contribution in [2.45, 2.75) is 28.7 Å². The van der Waals surface area contributed by atoms with E-state index in [-0.39, 0.29) is 0 Å². The van der Waals surface area contributed by atoms with Gasteiger partial charge in [0.15, 0.2) is 4.34 Å². The molecule has 0 amide bonds. The molecule has 2 aromatic heterocycles. The molecule has 4 nitrogen and oxygen atoms in total. The first-order chi connectivity index (χ1) is 7.79. The van der Waals surface area contributed by atoms with Crippen molar-refractivity contribution in [1.29, 1.82) is 0 Å². The molecular weight excluding hydrogens is 242 g/mol. The van der Waals surface area contributed by atoms with Crippen LogP contribution in [0.4, 0.5) is 0 Å². The molecule has 2 rings (SSSR count). The summed E-state index contributed by atoms with van der Waals surface area (Å²) in [7, 11) is 0. The van der Waals surface area contributed by atoms with E-state index in [0.29, 0.717) is 12.1 Å². The Kier molecular flexibility index (Phi) is 3.87. The Morgan fingerprint density at radius 2 is 2.38 bits per heavy atom. The van der Waals surface area contributed by atoms with Gasteiger partial charge in [-0.2, -0.15) is 0 Å². The van der Waals surface area contributed by atoms with E-state index in [9.17, 15) is 5.11 Å². The highest BCUT2D eigenvalue weighted by atomic mass is 32.2. The average molecular weight is 253 g/mol. The summed E-state index contributed by atoms with van der Waals surface area (Å²) in [5.74, 6) is 0. The van der Waals surface area contributed by atoms with Gasteiger partial charge in [-0.1, -0.05) is 30.0 Å². The lowest BCUT2D eigenvalue weighted by molar-refractivity contribution is 0.169. The molecule has 2 aromatic rings. The largest absolute Gasteiger partial charge is 0.387 e. The monoisotopic (exact) mass is 253 g/mol. The summed E-state index contributed by atoms with van der Waals surface area (Å²) >= 11 is 3.02. The Labute approximate surface area is 102 Å². The highest BCUT2D eigenvalue weighted by molar-refractivity contribution is 8.01. The lowest BCUT2D eigenvalue weighted by atomic mass is 10.2.